The smallest absolute Gasteiger partial charge is 0.321 e. The van der Waals surface area contributed by atoms with E-state index in [2.05, 4.69) is 28.8 Å². The van der Waals surface area contributed by atoms with Gasteiger partial charge in [-0.1, -0.05) is 31.4 Å². The third-order valence-corrected chi connectivity index (χ3v) is 7.67. The minimum atomic E-state index is -0.336. The number of quaternary nitrogens is 1. The molecule has 1 aromatic heterocycles. The standard InChI is InChI=1S/C22H30N4O2S/c1-15(20(27)25-22(28)23-17-7-3-2-4-8-17)26-13-11-16(12-14-26)21-24-18-9-5-6-10-19(18)29-21/h5-6,9-10,15-17H,2-4,7-8,11-14H2,1H3,(H2,23,25,27,28)/p+1/t15-/m0/s1. The molecule has 156 valence electrons. The number of urea groups is 1. The van der Waals surface area contributed by atoms with E-state index in [1.54, 1.807) is 11.3 Å². The van der Waals surface area contributed by atoms with E-state index in [4.69, 9.17) is 4.98 Å². The molecular weight excluding hydrogens is 384 g/mol. The van der Waals surface area contributed by atoms with E-state index >= 15 is 0 Å². The summed E-state index contributed by atoms with van der Waals surface area (Å²) >= 11 is 1.79. The molecule has 1 aliphatic carbocycles. The van der Waals surface area contributed by atoms with Gasteiger partial charge in [-0.3, -0.25) is 10.1 Å². The average Bonchev–Trinajstić information content (AvgIpc) is 3.18. The summed E-state index contributed by atoms with van der Waals surface area (Å²) in [5.74, 6) is 0.299. The Bertz CT molecular complexity index is 820. The molecule has 0 spiro atoms. The number of fused-ring (bicyclic) bond motifs is 1. The van der Waals surface area contributed by atoms with Crippen molar-refractivity contribution in [3.63, 3.8) is 0 Å². The van der Waals surface area contributed by atoms with Gasteiger partial charge >= 0.3 is 6.03 Å². The number of nitrogens with one attached hydrogen (secondary N) is 3. The number of piperidine rings is 1. The fraction of sp³-hybridized carbons (Fsp3) is 0.591. The third kappa shape index (κ3) is 4.95. The molecule has 1 saturated carbocycles. The molecule has 1 atom stereocenters. The summed E-state index contributed by atoms with van der Waals surface area (Å²) in [4.78, 5) is 30.8. The van der Waals surface area contributed by atoms with Gasteiger partial charge in [-0.15, -0.1) is 11.3 Å². The number of aromatic nitrogens is 1. The van der Waals surface area contributed by atoms with Crippen LogP contribution in [0.25, 0.3) is 10.2 Å². The zero-order valence-electron chi connectivity index (χ0n) is 17.1. The van der Waals surface area contributed by atoms with E-state index < -0.39 is 0 Å². The van der Waals surface area contributed by atoms with E-state index in [0.717, 1.165) is 57.1 Å². The Labute approximate surface area is 176 Å². The Kier molecular flexibility index (Phi) is 6.45. The molecule has 6 nitrogen and oxygen atoms in total. The predicted molar refractivity (Wildman–Crippen MR) is 115 cm³/mol. The molecule has 4 rings (SSSR count). The first-order chi connectivity index (χ1) is 14.1. The lowest BCUT2D eigenvalue weighted by Crippen LogP contribution is -3.17. The van der Waals surface area contributed by atoms with Crippen LogP contribution in [-0.2, 0) is 4.79 Å². The molecule has 0 radical (unpaired) electrons. The molecule has 3 amide bonds. The maximum Gasteiger partial charge on any atom is 0.321 e. The number of para-hydroxylation sites is 1. The van der Waals surface area contributed by atoms with Crippen LogP contribution in [0.2, 0.25) is 0 Å². The summed E-state index contributed by atoms with van der Waals surface area (Å²) in [5.41, 5.74) is 1.08. The molecule has 1 aromatic carbocycles. The Morgan fingerprint density at radius 2 is 1.83 bits per heavy atom. The van der Waals surface area contributed by atoms with Gasteiger partial charge in [-0.2, -0.15) is 0 Å². The van der Waals surface area contributed by atoms with Crippen LogP contribution in [0.5, 0.6) is 0 Å². The van der Waals surface area contributed by atoms with Gasteiger partial charge in [0.25, 0.3) is 5.91 Å². The number of hydrogen-bond acceptors (Lipinski definition) is 4. The second kappa shape index (κ2) is 9.22. The fourth-order valence-corrected chi connectivity index (χ4v) is 5.74. The van der Waals surface area contributed by atoms with Gasteiger partial charge in [-0.25, -0.2) is 9.78 Å². The summed E-state index contributed by atoms with van der Waals surface area (Å²) in [6.07, 6.45) is 7.64. The Morgan fingerprint density at radius 3 is 2.55 bits per heavy atom. The molecule has 1 saturated heterocycles. The van der Waals surface area contributed by atoms with Crippen molar-refractivity contribution in [1.82, 2.24) is 15.6 Å². The van der Waals surface area contributed by atoms with Crippen molar-refractivity contribution < 1.29 is 14.5 Å². The van der Waals surface area contributed by atoms with Gasteiger partial charge in [0.1, 0.15) is 0 Å². The number of nitrogens with zero attached hydrogens (tertiary/aromatic N) is 1. The van der Waals surface area contributed by atoms with Gasteiger partial charge < -0.3 is 10.2 Å². The van der Waals surface area contributed by atoms with Gasteiger partial charge in [0.05, 0.1) is 28.3 Å². The average molecular weight is 416 g/mol. The number of thiazole rings is 1. The molecule has 3 N–H and O–H groups in total. The quantitative estimate of drug-likeness (QED) is 0.719. The second-order valence-electron chi connectivity index (χ2n) is 8.47. The maximum absolute atomic E-state index is 12.6. The van der Waals surface area contributed by atoms with E-state index in [9.17, 15) is 9.59 Å². The predicted octanol–water partition coefficient (Wildman–Crippen LogP) is 2.61. The lowest BCUT2D eigenvalue weighted by atomic mass is 9.96. The van der Waals surface area contributed by atoms with Crippen molar-refractivity contribution in [1.29, 1.82) is 0 Å². The molecule has 7 heteroatoms. The van der Waals surface area contributed by atoms with Crippen molar-refractivity contribution in [2.75, 3.05) is 13.1 Å². The number of carbonyl (C=O) groups excluding carboxylic acids is 2. The molecule has 0 unspecified atom stereocenters. The highest BCUT2D eigenvalue weighted by atomic mass is 32.1. The van der Waals surface area contributed by atoms with Crippen LogP contribution in [0.15, 0.2) is 24.3 Å². The molecule has 0 bridgehead atoms. The molecular formula is C22H31N4O2S+. The van der Waals surface area contributed by atoms with Crippen LogP contribution >= 0.6 is 11.3 Å². The van der Waals surface area contributed by atoms with Crippen molar-refractivity contribution in [2.24, 2.45) is 0 Å². The van der Waals surface area contributed by atoms with Crippen LogP contribution < -0.4 is 15.5 Å². The molecule has 2 fully saturated rings. The minimum absolute atomic E-state index is 0.174. The number of likely N-dealkylation sites (tertiary alicyclic amines) is 1. The molecule has 2 heterocycles. The highest BCUT2D eigenvalue weighted by Gasteiger charge is 2.32. The minimum Gasteiger partial charge on any atom is -0.335 e. The molecule has 1 aliphatic heterocycles. The summed E-state index contributed by atoms with van der Waals surface area (Å²) in [7, 11) is 0. The zero-order chi connectivity index (χ0) is 20.2. The van der Waals surface area contributed by atoms with Crippen LogP contribution in [0.1, 0.15) is 62.8 Å². The van der Waals surface area contributed by atoms with Gasteiger partial charge in [0, 0.05) is 24.8 Å². The van der Waals surface area contributed by atoms with Crippen molar-refractivity contribution in [3.05, 3.63) is 29.3 Å². The molecule has 2 aliphatic rings. The van der Waals surface area contributed by atoms with Crippen molar-refractivity contribution in [2.45, 2.75) is 69.9 Å². The summed E-state index contributed by atoms with van der Waals surface area (Å²) < 4.78 is 1.24. The second-order valence-corrected chi connectivity index (χ2v) is 9.53. The molecule has 29 heavy (non-hydrogen) atoms. The largest absolute Gasteiger partial charge is 0.335 e. The Morgan fingerprint density at radius 1 is 1.10 bits per heavy atom. The van der Waals surface area contributed by atoms with Gasteiger partial charge in [0.15, 0.2) is 6.04 Å². The Balaban J connectivity index is 1.26. The van der Waals surface area contributed by atoms with E-state index in [1.807, 2.05) is 13.0 Å². The summed E-state index contributed by atoms with van der Waals surface area (Å²) in [6, 6.07) is 7.94. The van der Waals surface area contributed by atoms with Gasteiger partial charge in [0.2, 0.25) is 0 Å². The van der Waals surface area contributed by atoms with E-state index in [1.165, 1.54) is 21.0 Å². The maximum atomic E-state index is 12.6. The first kappa shape index (κ1) is 20.3. The van der Waals surface area contributed by atoms with Gasteiger partial charge in [-0.05, 0) is 31.9 Å². The normalized spacial score (nSPS) is 24.2. The van der Waals surface area contributed by atoms with Crippen LogP contribution in [0, 0.1) is 0 Å². The van der Waals surface area contributed by atoms with Crippen LogP contribution in [0.4, 0.5) is 4.79 Å². The highest BCUT2D eigenvalue weighted by molar-refractivity contribution is 7.18. The topological polar surface area (TPSA) is 75.5 Å². The monoisotopic (exact) mass is 415 g/mol. The first-order valence-electron chi connectivity index (χ1n) is 10.9. The number of benzene rings is 1. The van der Waals surface area contributed by atoms with Crippen molar-refractivity contribution >= 4 is 33.5 Å². The fourth-order valence-electron chi connectivity index (χ4n) is 4.61. The van der Waals surface area contributed by atoms with Crippen LogP contribution in [-0.4, -0.2) is 42.1 Å². The molecule has 2 aromatic rings. The first-order valence-corrected chi connectivity index (χ1v) is 11.7. The highest BCUT2D eigenvalue weighted by Crippen LogP contribution is 2.31. The number of carbonyl (C=O) groups is 2. The SMILES string of the molecule is C[C@@H](C(=O)NC(=O)NC1CCCCC1)[NH+]1CCC(c2nc3ccccc3s2)CC1. The Hall–Kier alpha value is -1.99. The van der Waals surface area contributed by atoms with E-state index in [0.29, 0.717) is 5.92 Å². The van der Waals surface area contributed by atoms with Crippen molar-refractivity contribution in [3.8, 4) is 0 Å². The zero-order valence-corrected chi connectivity index (χ0v) is 17.9. The number of hydrogen-bond donors (Lipinski definition) is 3. The lowest BCUT2D eigenvalue weighted by molar-refractivity contribution is -0.919. The number of amides is 3. The van der Waals surface area contributed by atoms with E-state index in [-0.39, 0.29) is 24.0 Å². The number of rotatable bonds is 4. The summed E-state index contributed by atoms with van der Waals surface area (Å²) in [6.45, 7) is 3.79. The third-order valence-electron chi connectivity index (χ3n) is 6.47. The van der Waals surface area contributed by atoms with Crippen LogP contribution in [0.3, 0.4) is 0 Å². The lowest BCUT2D eigenvalue weighted by Gasteiger charge is -2.31. The number of imide groups is 1. The summed E-state index contributed by atoms with van der Waals surface area (Å²) in [5, 5.41) is 6.74.